The number of rotatable bonds is 5. The van der Waals surface area contributed by atoms with Crippen LogP contribution in [0.5, 0.6) is 11.5 Å². The van der Waals surface area contributed by atoms with Gasteiger partial charge in [-0.25, -0.2) is 0 Å². The Morgan fingerprint density at radius 2 is 1.70 bits per heavy atom. The average Bonchev–Trinajstić information content (AvgIpc) is 3.50. The van der Waals surface area contributed by atoms with E-state index in [1.54, 1.807) is 19.0 Å². The van der Waals surface area contributed by atoms with E-state index >= 15 is 0 Å². The molecule has 1 aliphatic heterocycles. The Bertz CT molecular complexity index is 1260. The van der Waals surface area contributed by atoms with E-state index in [-0.39, 0.29) is 18.6 Å². The number of nitrogens with one attached hydrogen (secondary N) is 1. The second-order valence-electron chi connectivity index (χ2n) is 8.86. The smallest absolute Gasteiger partial charge is 0.253 e. The molecular weight excluding hydrogens is 416 g/mol. The molecule has 1 N–H and O–H groups in total. The Labute approximate surface area is 193 Å². The molecule has 1 saturated carbocycles. The van der Waals surface area contributed by atoms with E-state index in [2.05, 4.69) is 5.32 Å². The highest BCUT2D eigenvalue weighted by Gasteiger charge is 2.51. The van der Waals surface area contributed by atoms with Gasteiger partial charge in [-0.15, -0.1) is 0 Å². The van der Waals surface area contributed by atoms with Crippen LogP contribution in [0, 0.1) is 6.92 Å². The van der Waals surface area contributed by atoms with Crippen molar-refractivity contribution < 1.29 is 19.1 Å². The molecule has 0 bridgehead atoms. The molecule has 0 radical (unpaired) electrons. The summed E-state index contributed by atoms with van der Waals surface area (Å²) in [6, 6.07) is 19.2. The van der Waals surface area contributed by atoms with Gasteiger partial charge in [0.1, 0.15) is 0 Å². The predicted molar refractivity (Wildman–Crippen MR) is 127 cm³/mol. The number of anilines is 1. The molecule has 0 atom stereocenters. The maximum atomic E-state index is 13.4. The summed E-state index contributed by atoms with van der Waals surface area (Å²) < 4.78 is 10.9. The van der Waals surface area contributed by atoms with Crippen LogP contribution in [-0.4, -0.2) is 37.6 Å². The van der Waals surface area contributed by atoms with Crippen molar-refractivity contribution in [2.75, 3.05) is 26.2 Å². The van der Waals surface area contributed by atoms with Gasteiger partial charge in [0.25, 0.3) is 5.91 Å². The minimum Gasteiger partial charge on any atom is -0.454 e. The fourth-order valence-corrected chi connectivity index (χ4v) is 4.37. The summed E-state index contributed by atoms with van der Waals surface area (Å²) in [6.07, 6.45) is 1.60. The van der Waals surface area contributed by atoms with Crippen LogP contribution in [0.2, 0.25) is 0 Å². The van der Waals surface area contributed by atoms with Gasteiger partial charge in [0.15, 0.2) is 11.5 Å². The fourth-order valence-electron chi connectivity index (χ4n) is 4.37. The van der Waals surface area contributed by atoms with E-state index in [9.17, 15) is 9.59 Å². The van der Waals surface area contributed by atoms with E-state index < -0.39 is 5.41 Å². The lowest BCUT2D eigenvalue weighted by atomic mass is 9.93. The zero-order valence-electron chi connectivity index (χ0n) is 19.0. The number of carbonyl (C=O) groups excluding carboxylic acids is 2. The second-order valence-corrected chi connectivity index (χ2v) is 8.86. The van der Waals surface area contributed by atoms with Crippen molar-refractivity contribution in [1.29, 1.82) is 0 Å². The van der Waals surface area contributed by atoms with Crippen LogP contribution in [0.15, 0.2) is 60.7 Å². The lowest BCUT2D eigenvalue weighted by molar-refractivity contribution is -0.118. The van der Waals surface area contributed by atoms with Crippen molar-refractivity contribution in [3.63, 3.8) is 0 Å². The molecule has 0 saturated heterocycles. The second kappa shape index (κ2) is 7.96. The number of nitrogens with zero attached hydrogens (tertiary/aromatic N) is 1. The van der Waals surface area contributed by atoms with Gasteiger partial charge in [0.2, 0.25) is 12.7 Å². The summed E-state index contributed by atoms with van der Waals surface area (Å²) >= 11 is 0. The molecule has 1 heterocycles. The number of hydrogen-bond acceptors (Lipinski definition) is 4. The normalized spacial score (nSPS) is 15.1. The SMILES string of the molecule is Cc1c(NC(=O)C2(c3ccc4c(c3)OCO4)CC2)cccc1-c1cccc(C(=O)N(C)C)c1. The number of hydrogen-bond donors (Lipinski definition) is 1. The molecule has 3 aromatic rings. The third-order valence-electron chi connectivity index (χ3n) is 6.52. The largest absolute Gasteiger partial charge is 0.454 e. The van der Waals surface area contributed by atoms with Crippen molar-refractivity contribution >= 4 is 17.5 Å². The minimum atomic E-state index is -0.540. The molecule has 6 nitrogen and oxygen atoms in total. The summed E-state index contributed by atoms with van der Waals surface area (Å²) in [5, 5.41) is 3.16. The van der Waals surface area contributed by atoms with Crippen molar-refractivity contribution in [2.24, 2.45) is 0 Å². The van der Waals surface area contributed by atoms with Crippen molar-refractivity contribution in [2.45, 2.75) is 25.2 Å². The molecule has 5 rings (SSSR count). The van der Waals surface area contributed by atoms with Crippen molar-refractivity contribution in [3.8, 4) is 22.6 Å². The molecular formula is C27H26N2O4. The summed E-state index contributed by atoms with van der Waals surface area (Å²) in [6.45, 7) is 2.21. The van der Waals surface area contributed by atoms with Crippen molar-refractivity contribution in [3.05, 3.63) is 77.4 Å². The van der Waals surface area contributed by atoms with Crippen LogP contribution in [-0.2, 0) is 10.2 Å². The van der Waals surface area contributed by atoms with E-state index in [1.807, 2.05) is 67.6 Å². The summed E-state index contributed by atoms with van der Waals surface area (Å²) in [7, 11) is 3.48. The molecule has 1 aliphatic carbocycles. The van der Waals surface area contributed by atoms with Gasteiger partial charge >= 0.3 is 0 Å². The summed E-state index contributed by atoms with van der Waals surface area (Å²) in [5.41, 5.74) is 4.69. The van der Waals surface area contributed by atoms with Crippen LogP contribution >= 0.6 is 0 Å². The molecule has 0 aromatic heterocycles. The topological polar surface area (TPSA) is 67.9 Å². The first-order valence-electron chi connectivity index (χ1n) is 11.0. The third-order valence-corrected chi connectivity index (χ3v) is 6.52. The quantitative estimate of drug-likeness (QED) is 0.619. The van der Waals surface area contributed by atoms with Crippen LogP contribution in [0.4, 0.5) is 5.69 Å². The Morgan fingerprint density at radius 3 is 2.45 bits per heavy atom. The third kappa shape index (κ3) is 3.71. The molecule has 2 aliphatic rings. The minimum absolute atomic E-state index is 0.0156. The maximum absolute atomic E-state index is 13.4. The van der Waals surface area contributed by atoms with Gasteiger partial charge in [-0.05, 0) is 72.4 Å². The first-order valence-corrected chi connectivity index (χ1v) is 11.0. The van der Waals surface area contributed by atoms with Crippen LogP contribution in [0.1, 0.15) is 34.3 Å². The molecule has 0 unspecified atom stereocenters. The predicted octanol–water partition coefficient (Wildman–Crippen LogP) is 4.76. The van der Waals surface area contributed by atoms with Gasteiger partial charge < -0.3 is 19.7 Å². The maximum Gasteiger partial charge on any atom is 0.253 e. The van der Waals surface area contributed by atoms with Gasteiger partial charge in [-0.2, -0.15) is 0 Å². The zero-order chi connectivity index (χ0) is 23.2. The highest BCUT2D eigenvalue weighted by molar-refractivity contribution is 6.02. The number of carbonyl (C=O) groups is 2. The summed E-state index contributed by atoms with van der Waals surface area (Å²) in [5.74, 6) is 1.35. The molecule has 33 heavy (non-hydrogen) atoms. The number of amides is 2. The highest BCUT2D eigenvalue weighted by Crippen LogP contribution is 2.51. The monoisotopic (exact) mass is 442 g/mol. The lowest BCUT2D eigenvalue weighted by Crippen LogP contribution is -2.28. The summed E-state index contributed by atoms with van der Waals surface area (Å²) in [4.78, 5) is 27.3. The van der Waals surface area contributed by atoms with Crippen LogP contribution < -0.4 is 14.8 Å². The van der Waals surface area contributed by atoms with Crippen LogP contribution in [0.25, 0.3) is 11.1 Å². The molecule has 1 fully saturated rings. The van der Waals surface area contributed by atoms with E-state index in [0.717, 1.165) is 40.8 Å². The van der Waals surface area contributed by atoms with Crippen molar-refractivity contribution in [1.82, 2.24) is 4.90 Å². The van der Waals surface area contributed by atoms with Gasteiger partial charge in [0, 0.05) is 25.3 Å². The molecule has 168 valence electrons. The Hall–Kier alpha value is -3.80. The molecule has 3 aromatic carbocycles. The molecule has 0 spiro atoms. The highest BCUT2D eigenvalue weighted by atomic mass is 16.7. The number of ether oxygens (including phenoxy) is 2. The van der Waals surface area contributed by atoms with Gasteiger partial charge in [0.05, 0.1) is 5.41 Å². The zero-order valence-corrected chi connectivity index (χ0v) is 19.0. The number of benzene rings is 3. The van der Waals surface area contributed by atoms with E-state index in [4.69, 9.17) is 9.47 Å². The lowest BCUT2D eigenvalue weighted by Gasteiger charge is -2.19. The van der Waals surface area contributed by atoms with E-state index in [0.29, 0.717) is 17.1 Å². The van der Waals surface area contributed by atoms with E-state index in [1.165, 1.54) is 0 Å². The Balaban J connectivity index is 1.42. The first-order chi connectivity index (χ1) is 15.9. The molecule has 2 amide bonds. The molecule has 6 heteroatoms. The van der Waals surface area contributed by atoms with Crippen LogP contribution in [0.3, 0.4) is 0 Å². The van der Waals surface area contributed by atoms with Gasteiger partial charge in [-0.3, -0.25) is 9.59 Å². The Morgan fingerprint density at radius 1 is 0.939 bits per heavy atom. The van der Waals surface area contributed by atoms with Gasteiger partial charge in [-0.1, -0.05) is 30.3 Å². The standard InChI is InChI=1S/C27H26N2O4/c1-17-21(18-6-4-7-19(14-18)25(30)29(2)3)8-5-9-22(17)28-26(31)27(12-13-27)20-10-11-23-24(15-20)33-16-32-23/h4-11,14-15H,12-13,16H2,1-3H3,(H,28,31). The average molecular weight is 443 g/mol. The number of fused-ring (bicyclic) bond motifs is 1. The first kappa shape index (κ1) is 21.1. The fraction of sp³-hybridized carbons (Fsp3) is 0.259. The Kier molecular flexibility index (Phi) is 5.08.